The van der Waals surface area contributed by atoms with Crippen molar-refractivity contribution in [1.82, 2.24) is 5.32 Å². The molecule has 2 heteroatoms. The van der Waals surface area contributed by atoms with Crippen LogP contribution in [0.2, 0.25) is 0 Å². The maximum atomic E-state index is 3.73. The minimum atomic E-state index is 0.620. The Morgan fingerprint density at radius 1 is 1.13 bits per heavy atom. The highest BCUT2D eigenvalue weighted by atomic mass is 32.2. The molecule has 0 aromatic rings. The van der Waals surface area contributed by atoms with E-state index in [2.05, 4.69) is 23.3 Å². The molecule has 88 valence electrons. The first-order chi connectivity index (χ1) is 7.35. The molecule has 15 heavy (non-hydrogen) atoms. The van der Waals surface area contributed by atoms with E-state index in [9.17, 15) is 0 Å². The van der Waals surface area contributed by atoms with Crippen LogP contribution in [-0.2, 0) is 0 Å². The Labute approximate surface area is 98.8 Å². The van der Waals surface area contributed by atoms with Gasteiger partial charge in [-0.1, -0.05) is 25.7 Å². The topological polar surface area (TPSA) is 12.0 Å². The van der Waals surface area contributed by atoms with Crippen molar-refractivity contribution in [3.05, 3.63) is 0 Å². The van der Waals surface area contributed by atoms with Crippen LogP contribution in [-0.4, -0.2) is 24.1 Å². The zero-order valence-electron chi connectivity index (χ0n) is 10.1. The van der Waals surface area contributed by atoms with Crippen molar-refractivity contribution in [2.75, 3.05) is 19.3 Å². The first kappa shape index (κ1) is 11.8. The van der Waals surface area contributed by atoms with Gasteiger partial charge in [-0.05, 0) is 44.4 Å². The predicted molar refractivity (Wildman–Crippen MR) is 69.5 cm³/mol. The van der Waals surface area contributed by atoms with Gasteiger partial charge in [-0.25, -0.2) is 0 Å². The van der Waals surface area contributed by atoms with Gasteiger partial charge in [0, 0.05) is 11.3 Å². The monoisotopic (exact) mass is 227 g/mol. The van der Waals surface area contributed by atoms with E-state index in [0.717, 1.165) is 5.92 Å². The summed E-state index contributed by atoms with van der Waals surface area (Å²) in [6.45, 7) is 2.53. The van der Waals surface area contributed by atoms with E-state index in [1.165, 1.54) is 64.5 Å². The highest BCUT2D eigenvalue weighted by Gasteiger charge is 2.35. The Hall–Kier alpha value is 0.310. The van der Waals surface area contributed by atoms with Crippen LogP contribution in [0.5, 0.6) is 0 Å². The molecule has 0 aromatic carbocycles. The van der Waals surface area contributed by atoms with Gasteiger partial charge >= 0.3 is 0 Å². The zero-order chi connectivity index (χ0) is 10.6. The van der Waals surface area contributed by atoms with Gasteiger partial charge in [-0.2, -0.15) is 11.8 Å². The number of nitrogens with one attached hydrogen (secondary N) is 1. The second kappa shape index (κ2) is 5.58. The molecule has 0 atom stereocenters. The van der Waals surface area contributed by atoms with Crippen LogP contribution in [0, 0.1) is 5.92 Å². The minimum absolute atomic E-state index is 0.620. The lowest BCUT2D eigenvalue weighted by atomic mass is 9.83. The molecule has 0 aromatic heterocycles. The summed E-state index contributed by atoms with van der Waals surface area (Å²) in [5.74, 6) is 0.984. The summed E-state index contributed by atoms with van der Waals surface area (Å²) in [4.78, 5) is 0. The first-order valence-electron chi connectivity index (χ1n) is 6.60. The molecule has 2 rings (SSSR count). The van der Waals surface area contributed by atoms with E-state index < -0.39 is 0 Å². The van der Waals surface area contributed by atoms with Crippen LogP contribution in [0.25, 0.3) is 0 Å². The van der Waals surface area contributed by atoms with Crippen LogP contribution in [0.3, 0.4) is 0 Å². The summed E-state index contributed by atoms with van der Waals surface area (Å²) in [5, 5.41) is 3.73. The fourth-order valence-electron chi connectivity index (χ4n) is 2.92. The summed E-state index contributed by atoms with van der Waals surface area (Å²) in [5.41, 5.74) is 0. The molecule has 0 heterocycles. The van der Waals surface area contributed by atoms with Gasteiger partial charge < -0.3 is 5.32 Å². The standard InChI is InChI=1S/C13H25NS/c1-15-13(8-5-9-13)11-14-10-12-6-3-2-4-7-12/h12,14H,2-11H2,1H3. The van der Waals surface area contributed by atoms with Crippen LogP contribution in [0.4, 0.5) is 0 Å². The largest absolute Gasteiger partial charge is 0.315 e. The second-order valence-corrected chi connectivity index (χ2v) is 6.65. The summed E-state index contributed by atoms with van der Waals surface area (Å²) in [6, 6.07) is 0. The van der Waals surface area contributed by atoms with Gasteiger partial charge in [-0.3, -0.25) is 0 Å². The highest BCUT2D eigenvalue weighted by Crippen LogP contribution is 2.42. The van der Waals surface area contributed by atoms with Crippen LogP contribution >= 0.6 is 11.8 Å². The molecule has 0 unspecified atom stereocenters. The molecule has 2 saturated carbocycles. The van der Waals surface area contributed by atoms with Crippen molar-refractivity contribution in [3.63, 3.8) is 0 Å². The molecule has 0 bridgehead atoms. The third kappa shape index (κ3) is 3.13. The molecule has 1 N–H and O–H groups in total. The lowest BCUT2D eigenvalue weighted by Gasteiger charge is -2.41. The highest BCUT2D eigenvalue weighted by molar-refractivity contribution is 8.00. The van der Waals surface area contributed by atoms with Crippen LogP contribution in [0.1, 0.15) is 51.4 Å². The molecule has 1 nitrogen and oxygen atoms in total. The Morgan fingerprint density at radius 2 is 1.87 bits per heavy atom. The molecular weight excluding hydrogens is 202 g/mol. The van der Waals surface area contributed by atoms with E-state index in [-0.39, 0.29) is 0 Å². The normalized spacial score (nSPS) is 26.2. The lowest BCUT2D eigenvalue weighted by Crippen LogP contribution is -2.44. The van der Waals surface area contributed by atoms with E-state index in [1.54, 1.807) is 0 Å². The molecule has 0 aliphatic heterocycles. The summed E-state index contributed by atoms with van der Waals surface area (Å²) < 4.78 is 0.620. The maximum absolute atomic E-state index is 3.73. The number of hydrogen-bond acceptors (Lipinski definition) is 2. The molecule has 2 aliphatic carbocycles. The Bertz CT molecular complexity index is 177. The van der Waals surface area contributed by atoms with Gasteiger partial charge in [0.1, 0.15) is 0 Å². The van der Waals surface area contributed by atoms with Gasteiger partial charge in [0.05, 0.1) is 0 Å². The Morgan fingerprint density at radius 3 is 2.40 bits per heavy atom. The fraction of sp³-hybridized carbons (Fsp3) is 1.00. The van der Waals surface area contributed by atoms with Crippen molar-refractivity contribution in [2.45, 2.75) is 56.1 Å². The number of hydrogen-bond donors (Lipinski definition) is 1. The van der Waals surface area contributed by atoms with Crippen molar-refractivity contribution in [3.8, 4) is 0 Å². The zero-order valence-corrected chi connectivity index (χ0v) is 10.9. The molecular formula is C13H25NS. The van der Waals surface area contributed by atoms with Crippen LogP contribution < -0.4 is 5.32 Å². The third-order valence-electron chi connectivity index (χ3n) is 4.30. The quantitative estimate of drug-likeness (QED) is 0.772. The number of rotatable bonds is 5. The lowest BCUT2D eigenvalue weighted by molar-refractivity contribution is 0.306. The van der Waals surface area contributed by atoms with Crippen molar-refractivity contribution in [1.29, 1.82) is 0 Å². The van der Waals surface area contributed by atoms with Crippen LogP contribution in [0.15, 0.2) is 0 Å². The van der Waals surface area contributed by atoms with Crippen molar-refractivity contribution < 1.29 is 0 Å². The summed E-state index contributed by atoms with van der Waals surface area (Å²) in [6.07, 6.45) is 14.0. The third-order valence-corrected chi connectivity index (χ3v) is 5.72. The predicted octanol–water partition coefficient (Wildman–Crippen LogP) is 3.44. The molecule has 0 amide bonds. The molecule has 0 spiro atoms. The second-order valence-electron chi connectivity index (χ2n) is 5.38. The van der Waals surface area contributed by atoms with Crippen molar-refractivity contribution in [2.24, 2.45) is 5.92 Å². The molecule has 2 fully saturated rings. The average Bonchev–Trinajstić information content (AvgIpc) is 2.24. The van der Waals surface area contributed by atoms with Crippen molar-refractivity contribution >= 4 is 11.8 Å². The summed E-state index contributed by atoms with van der Waals surface area (Å²) in [7, 11) is 0. The SMILES string of the molecule is CSC1(CNCC2CCCCC2)CCC1. The smallest absolute Gasteiger partial charge is 0.0281 e. The number of thioether (sulfide) groups is 1. The molecule has 2 aliphatic rings. The maximum Gasteiger partial charge on any atom is 0.0281 e. The van der Waals surface area contributed by atoms with E-state index in [0.29, 0.717) is 4.75 Å². The average molecular weight is 227 g/mol. The van der Waals surface area contributed by atoms with Gasteiger partial charge in [0.15, 0.2) is 0 Å². The molecule has 0 saturated heterocycles. The Balaban J connectivity index is 1.61. The van der Waals surface area contributed by atoms with E-state index in [1.807, 2.05) is 0 Å². The Kier molecular flexibility index (Phi) is 4.39. The van der Waals surface area contributed by atoms with E-state index in [4.69, 9.17) is 0 Å². The summed E-state index contributed by atoms with van der Waals surface area (Å²) >= 11 is 2.08. The first-order valence-corrected chi connectivity index (χ1v) is 7.83. The fourth-order valence-corrected chi connectivity index (χ4v) is 3.86. The van der Waals surface area contributed by atoms with Gasteiger partial charge in [0.2, 0.25) is 0 Å². The van der Waals surface area contributed by atoms with Gasteiger partial charge in [0.25, 0.3) is 0 Å². The molecule has 0 radical (unpaired) electrons. The van der Waals surface area contributed by atoms with E-state index >= 15 is 0 Å². The van der Waals surface area contributed by atoms with Gasteiger partial charge in [-0.15, -0.1) is 0 Å². The minimum Gasteiger partial charge on any atom is -0.315 e.